The summed E-state index contributed by atoms with van der Waals surface area (Å²) in [6, 6.07) is 15.0. The first kappa shape index (κ1) is 19.3. The largest absolute Gasteiger partial charge is 0.490 e. The Morgan fingerprint density at radius 1 is 0.966 bits per heavy atom. The quantitative estimate of drug-likeness (QED) is 0.747. The highest BCUT2D eigenvalue weighted by atomic mass is 16.5. The van der Waals surface area contributed by atoms with Gasteiger partial charge in [-0.1, -0.05) is 30.3 Å². The Bertz CT molecular complexity index is 887. The number of esters is 1. The number of amides is 1. The predicted molar refractivity (Wildman–Crippen MR) is 107 cm³/mol. The summed E-state index contributed by atoms with van der Waals surface area (Å²) in [6.07, 6.45) is 1.87. The Kier molecular flexibility index (Phi) is 5.43. The lowest BCUT2D eigenvalue weighted by Crippen LogP contribution is -2.49. The minimum absolute atomic E-state index is 0.0628. The molecule has 6 heteroatoms. The molecule has 2 heterocycles. The van der Waals surface area contributed by atoms with E-state index in [2.05, 4.69) is 0 Å². The summed E-state index contributed by atoms with van der Waals surface area (Å²) in [5.74, 6) is 0.976. The van der Waals surface area contributed by atoms with Crippen molar-refractivity contribution in [2.75, 3.05) is 33.4 Å². The van der Waals surface area contributed by atoms with Gasteiger partial charge in [0.05, 0.1) is 25.7 Å². The topological polar surface area (TPSA) is 65.1 Å². The summed E-state index contributed by atoms with van der Waals surface area (Å²) in [7, 11) is 1.42. The van der Waals surface area contributed by atoms with Crippen LogP contribution in [0.2, 0.25) is 0 Å². The molecular formula is C23H25NO5. The van der Waals surface area contributed by atoms with Crippen LogP contribution in [0.3, 0.4) is 0 Å². The molecular weight excluding hydrogens is 370 g/mol. The van der Waals surface area contributed by atoms with E-state index in [4.69, 9.17) is 14.2 Å². The molecule has 1 amide bonds. The van der Waals surface area contributed by atoms with Gasteiger partial charge in [-0.2, -0.15) is 0 Å². The smallest absolute Gasteiger partial charge is 0.316 e. The monoisotopic (exact) mass is 395 g/mol. The second-order valence-corrected chi connectivity index (χ2v) is 7.44. The lowest BCUT2D eigenvalue weighted by Gasteiger charge is -2.40. The number of methoxy groups -OCH3 is 1. The van der Waals surface area contributed by atoms with Gasteiger partial charge in [0.2, 0.25) is 0 Å². The molecule has 0 aromatic heterocycles. The molecule has 2 aliphatic heterocycles. The standard InChI is InChI=1S/C23H25NO5/c1-27-22(26)23(18-6-3-2-4-7-18)10-12-24(13-11-23)21(25)17-8-9-19-20(16-17)29-15-5-14-28-19/h2-4,6-9,16H,5,10-15H2,1H3. The Morgan fingerprint density at radius 2 is 1.66 bits per heavy atom. The molecule has 0 N–H and O–H groups in total. The maximum Gasteiger partial charge on any atom is 0.316 e. The molecule has 29 heavy (non-hydrogen) atoms. The molecule has 1 fully saturated rings. The van der Waals surface area contributed by atoms with E-state index in [9.17, 15) is 9.59 Å². The van der Waals surface area contributed by atoms with E-state index >= 15 is 0 Å². The Labute approximate surface area is 170 Å². The van der Waals surface area contributed by atoms with Crippen molar-refractivity contribution in [1.29, 1.82) is 0 Å². The molecule has 0 atom stereocenters. The fraction of sp³-hybridized carbons (Fsp3) is 0.391. The highest BCUT2D eigenvalue weighted by Crippen LogP contribution is 2.37. The van der Waals surface area contributed by atoms with E-state index < -0.39 is 5.41 Å². The van der Waals surface area contributed by atoms with Gasteiger partial charge < -0.3 is 19.1 Å². The highest BCUT2D eigenvalue weighted by Gasteiger charge is 2.44. The maximum atomic E-state index is 13.1. The maximum absolute atomic E-state index is 13.1. The zero-order valence-electron chi connectivity index (χ0n) is 16.6. The van der Waals surface area contributed by atoms with Crippen molar-refractivity contribution in [2.24, 2.45) is 0 Å². The molecule has 152 valence electrons. The summed E-state index contributed by atoms with van der Waals surface area (Å²) in [5, 5.41) is 0. The normalized spacial score (nSPS) is 17.9. The van der Waals surface area contributed by atoms with Crippen molar-refractivity contribution < 1.29 is 23.8 Å². The summed E-state index contributed by atoms with van der Waals surface area (Å²) in [4.78, 5) is 27.5. The van der Waals surface area contributed by atoms with Gasteiger partial charge in [-0.3, -0.25) is 9.59 Å². The first-order chi connectivity index (χ1) is 14.1. The van der Waals surface area contributed by atoms with Gasteiger partial charge in [-0.25, -0.2) is 0 Å². The van der Waals surface area contributed by atoms with E-state index in [-0.39, 0.29) is 11.9 Å². The van der Waals surface area contributed by atoms with Crippen molar-refractivity contribution in [1.82, 2.24) is 4.90 Å². The van der Waals surface area contributed by atoms with Crippen LogP contribution in [0.15, 0.2) is 48.5 Å². The fourth-order valence-electron chi connectivity index (χ4n) is 4.13. The number of ether oxygens (including phenoxy) is 3. The molecule has 2 aliphatic rings. The van der Waals surface area contributed by atoms with Crippen molar-refractivity contribution in [3.05, 3.63) is 59.7 Å². The van der Waals surface area contributed by atoms with Gasteiger partial charge >= 0.3 is 5.97 Å². The van der Waals surface area contributed by atoms with Crippen LogP contribution < -0.4 is 9.47 Å². The van der Waals surface area contributed by atoms with Gasteiger partial charge in [0, 0.05) is 25.1 Å². The van der Waals surface area contributed by atoms with Gasteiger partial charge in [0.15, 0.2) is 11.5 Å². The summed E-state index contributed by atoms with van der Waals surface area (Å²) in [5.41, 5.74) is 0.798. The molecule has 1 saturated heterocycles. The van der Waals surface area contributed by atoms with E-state index in [0.29, 0.717) is 56.2 Å². The lowest BCUT2D eigenvalue weighted by molar-refractivity contribution is -0.149. The third-order valence-corrected chi connectivity index (χ3v) is 5.80. The van der Waals surface area contributed by atoms with Crippen LogP contribution >= 0.6 is 0 Å². The number of hydrogen-bond acceptors (Lipinski definition) is 5. The SMILES string of the molecule is COC(=O)C1(c2ccccc2)CCN(C(=O)c2ccc3c(c2)OCCCO3)CC1. The van der Waals surface area contributed by atoms with Crippen LogP contribution in [0.5, 0.6) is 11.5 Å². The van der Waals surface area contributed by atoms with Crippen LogP contribution in [0.25, 0.3) is 0 Å². The second kappa shape index (κ2) is 8.15. The molecule has 0 spiro atoms. The average Bonchev–Trinajstić information content (AvgIpc) is 3.03. The number of carbonyl (C=O) groups excluding carboxylic acids is 2. The van der Waals surface area contributed by atoms with Crippen molar-refractivity contribution in [3.63, 3.8) is 0 Å². The van der Waals surface area contributed by atoms with E-state index in [1.165, 1.54) is 7.11 Å². The minimum Gasteiger partial charge on any atom is -0.490 e. The summed E-state index contributed by atoms with van der Waals surface area (Å²) < 4.78 is 16.5. The van der Waals surface area contributed by atoms with E-state index in [0.717, 1.165) is 12.0 Å². The molecule has 0 unspecified atom stereocenters. The number of likely N-dealkylation sites (tertiary alicyclic amines) is 1. The third-order valence-electron chi connectivity index (χ3n) is 5.80. The van der Waals surface area contributed by atoms with Gasteiger partial charge in [-0.05, 0) is 36.6 Å². The second-order valence-electron chi connectivity index (χ2n) is 7.44. The molecule has 0 radical (unpaired) electrons. The zero-order valence-corrected chi connectivity index (χ0v) is 16.6. The summed E-state index contributed by atoms with van der Waals surface area (Å²) in [6.45, 7) is 2.16. The Hall–Kier alpha value is -3.02. The average molecular weight is 395 g/mol. The first-order valence-corrected chi connectivity index (χ1v) is 9.97. The van der Waals surface area contributed by atoms with Crippen molar-refractivity contribution in [2.45, 2.75) is 24.7 Å². The zero-order chi connectivity index (χ0) is 20.3. The predicted octanol–water partition coefficient (Wildman–Crippen LogP) is 3.19. The van der Waals surface area contributed by atoms with Crippen LogP contribution in [-0.4, -0.2) is 50.2 Å². The fourth-order valence-corrected chi connectivity index (χ4v) is 4.13. The van der Waals surface area contributed by atoms with Crippen LogP contribution in [-0.2, 0) is 14.9 Å². The number of benzene rings is 2. The van der Waals surface area contributed by atoms with Crippen LogP contribution in [0.1, 0.15) is 35.2 Å². The first-order valence-electron chi connectivity index (χ1n) is 9.97. The molecule has 0 bridgehead atoms. The molecule has 4 rings (SSSR count). The van der Waals surface area contributed by atoms with Gasteiger partial charge in [0.1, 0.15) is 0 Å². The number of hydrogen-bond donors (Lipinski definition) is 0. The summed E-state index contributed by atoms with van der Waals surface area (Å²) >= 11 is 0. The van der Waals surface area contributed by atoms with Crippen molar-refractivity contribution in [3.8, 4) is 11.5 Å². The van der Waals surface area contributed by atoms with Gasteiger partial charge in [0.25, 0.3) is 5.91 Å². The number of nitrogens with zero attached hydrogens (tertiary/aromatic N) is 1. The van der Waals surface area contributed by atoms with E-state index in [1.807, 2.05) is 30.3 Å². The number of carbonyl (C=O) groups is 2. The van der Waals surface area contributed by atoms with Crippen LogP contribution in [0.4, 0.5) is 0 Å². The lowest BCUT2D eigenvalue weighted by atomic mass is 9.72. The molecule has 0 aliphatic carbocycles. The number of rotatable bonds is 3. The number of fused-ring (bicyclic) bond motifs is 1. The van der Waals surface area contributed by atoms with Crippen molar-refractivity contribution >= 4 is 11.9 Å². The minimum atomic E-state index is -0.711. The van der Waals surface area contributed by atoms with E-state index in [1.54, 1.807) is 23.1 Å². The molecule has 2 aromatic carbocycles. The van der Waals surface area contributed by atoms with Crippen LogP contribution in [0, 0.1) is 0 Å². The number of piperidine rings is 1. The molecule has 2 aromatic rings. The van der Waals surface area contributed by atoms with Gasteiger partial charge in [-0.15, -0.1) is 0 Å². The highest BCUT2D eigenvalue weighted by molar-refractivity contribution is 5.95. The molecule has 6 nitrogen and oxygen atoms in total. The third kappa shape index (κ3) is 3.67. The Balaban J connectivity index is 1.52. The molecule has 0 saturated carbocycles. The Morgan fingerprint density at radius 3 is 2.34 bits per heavy atom.